The molecule has 1 fully saturated rings. The van der Waals surface area contributed by atoms with Gasteiger partial charge in [-0.1, -0.05) is 48.5 Å². The highest BCUT2D eigenvalue weighted by Gasteiger charge is 2.31. The summed E-state index contributed by atoms with van der Waals surface area (Å²) in [6, 6.07) is 24.9. The van der Waals surface area contributed by atoms with Crippen molar-refractivity contribution in [3.63, 3.8) is 0 Å². The molecule has 3 aromatic carbocycles. The van der Waals surface area contributed by atoms with Crippen LogP contribution in [0.1, 0.15) is 47.1 Å². The summed E-state index contributed by atoms with van der Waals surface area (Å²) in [5.74, 6) is 0.464. The third-order valence-corrected chi connectivity index (χ3v) is 7.11. The van der Waals surface area contributed by atoms with Gasteiger partial charge in [-0.15, -0.1) is 10.2 Å². The number of amides is 1. The third-order valence-electron chi connectivity index (χ3n) is 7.11. The molecular formula is C31H31N5O3. The first-order chi connectivity index (χ1) is 18.9. The summed E-state index contributed by atoms with van der Waals surface area (Å²) in [7, 11) is 1.65. The largest absolute Gasteiger partial charge is 0.419 e. The highest BCUT2D eigenvalue weighted by Crippen LogP contribution is 2.33. The molecule has 1 amide bonds. The van der Waals surface area contributed by atoms with Crippen molar-refractivity contribution in [1.29, 1.82) is 5.26 Å². The molecule has 2 heterocycles. The number of hydrogen-bond acceptors (Lipinski definition) is 7. The fraction of sp³-hybridized carbons (Fsp3) is 0.290. The lowest BCUT2D eigenvalue weighted by Gasteiger charge is -2.24. The number of nitrogens with two attached hydrogens (primary N) is 1. The Bertz CT molecular complexity index is 1510. The minimum absolute atomic E-state index is 0.0203. The number of carbonyl (C=O) groups excluding carboxylic acids is 1. The lowest BCUT2D eigenvalue weighted by Crippen LogP contribution is -2.38. The number of aromatic nitrogens is 2. The summed E-state index contributed by atoms with van der Waals surface area (Å²) < 4.78 is 11.5. The number of hydrogen-bond donors (Lipinski definition) is 1. The Morgan fingerprint density at radius 2 is 1.87 bits per heavy atom. The first-order valence-corrected chi connectivity index (χ1v) is 13.0. The molecule has 1 aliphatic heterocycles. The SMILES string of the molecule is COC[C@H]1CCCN1C(=O)c1cc(-c2nnc(C(C)(N)Cc3ccccc3)o2)cc(-c2ccccc2C#N)c1. The average Bonchev–Trinajstić information content (AvgIpc) is 3.64. The molecular weight excluding hydrogens is 490 g/mol. The normalized spacial score (nSPS) is 16.6. The lowest BCUT2D eigenvalue weighted by molar-refractivity contribution is 0.0630. The van der Waals surface area contributed by atoms with Gasteiger partial charge >= 0.3 is 0 Å². The Hall–Kier alpha value is -4.32. The van der Waals surface area contributed by atoms with E-state index in [4.69, 9.17) is 14.9 Å². The monoisotopic (exact) mass is 521 g/mol. The Morgan fingerprint density at radius 1 is 1.13 bits per heavy atom. The Labute approximate surface area is 228 Å². The van der Waals surface area contributed by atoms with E-state index in [2.05, 4.69) is 16.3 Å². The molecule has 0 aliphatic carbocycles. The molecule has 198 valence electrons. The maximum Gasteiger partial charge on any atom is 0.254 e. The zero-order valence-electron chi connectivity index (χ0n) is 22.1. The van der Waals surface area contributed by atoms with Crippen LogP contribution in [-0.2, 0) is 16.7 Å². The summed E-state index contributed by atoms with van der Waals surface area (Å²) in [6.07, 6.45) is 2.34. The van der Waals surface area contributed by atoms with Gasteiger partial charge in [0.1, 0.15) is 0 Å². The van der Waals surface area contributed by atoms with Gasteiger partial charge in [0.2, 0.25) is 11.8 Å². The molecule has 39 heavy (non-hydrogen) atoms. The van der Waals surface area contributed by atoms with E-state index in [9.17, 15) is 10.1 Å². The molecule has 4 aromatic rings. The van der Waals surface area contributed by atoms with E-state index in [1.807, 2.05) is 72.5 Å². The van der Waals surface area contributed by atoms with Crippen molar-refractivity contribution >= 4 is 5.91 Å². The van der Waals surface area contributed by atoms with E-state index in [-0.39, 0.29) is 17.8 Å². The van der Waals surface area contributed by atoms with Crippen LogP contribution in [0, 0.1) is 11.3 Å². The maximum absolute atomic E-state index is 13.7. The van der Waals surface area contributed by atoms with Crippen LogP contribution in [0.2, 0.25) is 0 Å². The molecule has 2 atom stereocenters. The van der Waals surface area contributed by atoms with E-state index < -0.39 is 5.54 Å². The number of carbonyl (C=O) groups is 1. The van der Waals surface area contributed by atoms with E-state index in [0.29, 0.717) is 42.2 Å². The quantitative estimate of drug-likeness (QED) is 0.349. The Kier molecular flexibility index (Phi) is 7.55. The van der Waals surface area contributed by atoms with Crippen molar-refractivity contribution in [2.45, 2.75) is 37.8 Å². The molecule has 0 spiro atoms. The average molecular weight is 522 g/mol. The van der Waals surface area contributed by atoms with Gasteiger partial charge in [-0.2, -0.15) is 5.26 Å². The summed E-state index contributed by atoms with van der Waals surface area (Å²) in [6.45, 7) is 3.01. The third kappa shape index (κ3) is 5.60. The number of ether oxygens (including phenoxy) is 1. The maximum atomic E-state index is 13.7. The van der Waals surface area contributed by atoms with E-state index in [0.717, 1.165) is 29.5 Å². The van der Waals surface area contributed by atoms with E-state index >= 15 is 0 Å². The van der Waals surface area contributed by atoms with E-state index in [1.54, 1.807) is 19.2 Å². The molecule has 8 nitrogen and oxygen atoms in total. The van der Waals surface area contributed by atoms with Gasteiger partial charge < -0.3 is 19.8 Å². The van der Waals surface area contributed by atoms with Crippen LogP contribution in [0.5, 0.6) is 0 Å². The molecule has 8 heteroatoms. The van der Waals surface area contributed by atoms with Crippen molar-refractivity contribution in [2.24, 2.45) is 5.73 Å². The number of methoxy groups -OCH3 is 1. The predicted molar refractivity (Wildman–Crippen MR) is 148 cm³/mol. The standard InChI is InChI=1S/C31H31N5O3/c1-31(33,18-21-9-4-3-5-10-21)30-35-34-28(39-30)24-15-23(27-13-7-6-11-22(27)19-32)16-25(17-24)29(37)36-14-8-12-26(36)20-38-2/h3-7,9-11,13,15-17,26H,8,12,14,18,20,33H2,1-2H3/t26-,31?/m1/s1. The summed E-state index contributed by atoms with van der Waals surface area (Å²) in [4.78, 5) is 15.6. The van der Waals surface area contributed by atoms with Gasteiger partial charge in [0.25, 0.3) is 5.91 Å². The smallest absolute Gasteiger partial charge is 0.254 e. The van der Waals surface area contributed by atoms with Crippen molar-refractivity contribution in [3.8, 4) is 28.7 Å². The summed E-state index contributed by atoms with van der Waals surface area (Å²) in [5.41, 5.74) is 9.80. The molecule has 0 bridgehead atoms. The molecule has 2 N–H and O–H groups in total. The minimum Gasteiger partial charge on any atom is -0.419 e. The van der Waals surface area contributed by atoms with Gasteiger partial charge in [0.15, 0.2) is 0 Å². The zero-order chi connectivity index (χ0) is 27.4. The van der Waals surface area contributed by atoms with Crippen LogP contribution >= 0.6 is 0 Å². The van der Waals surface area contributed by atoms with Crippen LogP contribution in [0.3, 0.4) is 0 Å². The van der Waals surface area contributed by atoms with Gasteiger partial charge in [0, 0.05) is 24.8 Å². The van der Waals surface area contributed by atoms with Crippen LogP contribution in [0.15, 0.2) is 77.2 Å². The number of rotatable bonds is 8. The second-order valence-electron chi connectivity index (χ2n) is 10.2. The molecule has 0 saturated carbocycles. The molecule has 5 rings (SSSR count). The molecule has 1 aromatic heterocycles. The number of nitrogens with zero attached hydrogens (tertiary/aromatic N) is 4. The van der Waals surface area contributed by atoms with Crippen LogP contribution in [-0.4, -0.2) is 47.3 Å². The predicted octanol–water partition coefficient (Wildman–Crippen LogP) is 4.94. The summed E-state index contributed by atoms with van der Waals surface area (Å²) >= 11 is 0. The lowest BCUT2D eigenvalue weighted by atomic mass is 9.94. The first kappa shape index (κ1) is 26.3. The van der Waals surface area contributed by atoms with Crippen molar-refractivity contribution in [1.82, 2.24) is 15.1 Å². The van der Waals surface area contributed by atoms with Crippen LogP contribution in [0.4, 0.5) is 0 Å². The van der Waals surface area contributed by atoms with Gasteiger partial charge in [0.05, 0.1) is 29.8 Å². The second-order valence-corrected chi connectivity index (χ2v) is 10.2. The van der Waals surface area contributed by atoms with Gasteiger partial charge in [-0.05, 0) is 67.1 Å². The topological polar surface area (TPSA) is 118 Å². The highest BCUT2D eigenvalue weighted by molar-refractivity contribution is 5.97. The van der Waals surface area contributed by atoms with E-state index in [1.165, 1.54) is 0 Å². The second kappa shape index (κ2) is 11.2. The fourth-order valence-corrected chi connectivity index (χ4v) is 5.16. The Morgan fingerprint density at radius 3 is 2.64 bits per heavy atom. The number of likely N-dealkylation sites (tertiary alicyclic amines) is 1. The van der Waals surface area contributed by atoms with Crippen LogP contribution in [0.25, 0.3) is 22.6 Å². The molecule has 1 aliphatic rings. The number of benzene rings is 3. The van der Waals surface area contributed by atoms with Crippen molar-refractivity contribution in [2.75, 3.05) is 20.3 Å². The molecule has 1 saturated heterocycles. The molecule has 0 radical (unpaired) electrons. The number of nitriles is 1. The first-order valence-electron chi connectivity index (χ1n) is 13.0. The van der Waals surface area contributed by atoms with Gasteiger partial charge in [-0.3, -0.25) is 4.79 Å². The Balaban J connectivity index is 1.55. The van der Waals surface area contributed by atoms with Crippen molar-refractivity contribution < 1.29 is 13.9 Å². The zero-order valence-corrected chi connectivity index (χ0v) is 22.1. The highest BCUT2D eigenvalue weighted by atomic mass is 16.5. The van der Waals surface area contributed by atoms with Crippen molar-refractivity contribution in [3.05, 3.63) is 95.4 Å². The fourth-order valence-electron chi connectivity index (χ4n) is 5.16. The molecule has 1 unspecified atom stereocenters. The van der Waals surface area contributed by atoms with Gasteiger partial charge in [-0.25, -0.2) is 0 Å². The summed E-state index contributed by atoms with van der Waals surface area (Å²) in [5, 5.41) is 18.3. The minimum atomic E-state index is -0.890. The van der Waals surface area contributed by atoms with Crippen LogP contribution < -0.4 is 5.73 Å².